The maximum absolute atomic E-state index is 13.0. The third kappa shape index (κ3) is 5.13. The van der Waals surface area contributed by atoms with Crippen LogP contribution in [0.1, 0.15) is 43.2 Å². The van der Waals surface area contributed by atoms with E-state index in [1.165, 1.54) is 41.3 Å². The number of nitrogens with one attached hydrogen (secondary N) is 1. The highest BCUT2D eigenvalue weighted by Gasteiger charge is 2.32. The Kier molecular flexibility index (Phi) is 7.12. The van der Waals surface area contributed by atoms with Crippen LogP contribution in [0.4, 0.5) is 0 Å². The average Bonchev–Trinajstić information content (AvgIpc) is 2.65. The fourth-order valence-corrected chi connectivity index (χ4v) is 5.94. The van der Waals surface area contributed by atoms with Crippen molar-refractivity contribution in [2.75, 3.05) is 45.8 Å². The molecular formula is C21H34N3O3S+. The van der Waals surface area contributed by atoms with Gasteiger partial charge in [-0.05, 0) is 56.7 Å². The molecule has 0 unspecified atom stereocenters. The Labute approximate surface area is 169 Å². The molecule has 0 aliphatic carbocycles. The van der Waals surface area contributed by atoms with Gasteiger partial charge in [0.05, 0.1) is 18.0 Å². The molecule has 1 aromatic rings. The number of nitrogens with zero attached hydrogens (tertiary/aromatic N) is 2. The van der Waals surface area contributed by atoms with E-state index in [0.717, 1.165) is 24.2 Å². The van der Waals surface area contributed by atoms with E-state index < -0.39 is 10.0 Å². The Morgan fingerprint density at radius 1 is 0.964 bits per heavy atom. The lowest BCUT2D eigenvalue weighted by atomic mass is 10.1. The molecule has 2 saturated heterocycles. The summed E-state index contributed by atoms with van der Waals surface area (Å²) in [6.07, 6.45) is 6.26. The van der Waals surface area contributed by atoms with E-state index in [-0.39, 0.29) is 5.91 Å². The van der Waals surface area contributed by atoms with E-state index >= 15 is 0 Å². The molecule has 28 heavy (non-hydrogen) atoms. The Morgan fingerprint density at radius 2 is 1.57 bits per heavy atom. The van der Waals surface area contributed by atoms with Gasteiger partial charge >= 0.3 is 0 Å². The predicted molar refractivity (Wildman–Crippen MR) is 110 cm³/mol. The number of carbonyl (C=O) groups excluding carboxylic acids is 1. The zero-order valence-electron chi connectivity index (χ0n) is 17.2. The number of rotatable bonds is 4. The van der Waals surface area contributed by atoms with E-state index in [9.17, 15) is 13.2 Å². The van der Waals surface area contributed by atoms with Crippen molar-refractivity contribution in [3.05, 3.63) is 29.3 Å². The molecule has 0 aromatic heterocycles. The monoisotopic (exact) mass is 408 g/mol. The Hall–Kier alpha value is -1.44. The second-order valence-electron chi connectivity index (χ2n) is 8.25. The molecule has 2 aliphatic rings. The summed E-state index contributed by atoms with van der Waals surface area (Å²) in [6, 6.07) is 5.53. The third-order valence-electron chi connectivity index (χ3n) is 6.01. The van der Waals surface area contributed by atoms with Crippen molar-refractivity contribution in [3.8, 4) is 0 Å². The highest BCUT2D eigenvalue weighted by molar-refractivity contribution is 7.89. The maximum Gasteiger partial charge on any atom is 0.277 e. The van der Waals surface area contributed by atoms with Crippen molar-refractivity contribution in [3.63, 3.8) is 0 Å². The number of hydrogen-bond acceptors (Lipinski definition) is 3. The summed E-state index contributed by atoms with van der Waals surface area (Å²) in [5.74, 6) is 0.166. The first-order chi connectivity index (χ1) is 13.4. The largest absolute Gasteiger partial charge is 0.335 e. The van der Waals surface area contributed by atoms with Gasteiger partial charge in [-0.2, -0.15) is 4.31 Å². The maximum atomic E-state index is 13.0. The second-order valence-corrected chi connectivity index (χ2v) is 10.2. The second kappa shape index (κ2) is 9.37. The third-order valence-corrected chi connectivity index (χ3v) is 8.06. The van der Waals surface area contributed by atoms with Gasteiger partial charge in [0.15, 0.2) is 6.54 Å². The molecule has 0 radical (unpaired) electrons. The molecule has 7 heteroatoms. The molecule has 1 N–H and O–H groups in total. The van der Waals surface area contributed by atoms with Gasteiger partial charge in [0, 0.05) is 26.2 Å². The van der Waals surface area contributed by atoms with Crippen LogP contribution in [0.3, 0.4) is 0 Å². The number of sulfonamides is 1. The van der Waals surface area contributed by atoms with Gasteiger partial charge in [-0.1, -0.05) is 18.6 Å². The summed E-state index contributed by atoms with van der Waals surface area (Å²) in [4.78, 5) is 16.3. The number of piperazine rings is 1. The normalized spacial score (nSPS) is 20.6. The van der Waals surface area contributed by atoms with Crippen LogP contribution < -0.4 is 4.90 Å². The molecule has 2 fully saturated rings. The molecule has 0 bridgehead atoms. The first-order valence-electron chi connectivity index (χ1n) is 10.6. The van der Waals surface area contributed by atoms with Gasteiger partial charge < -0.3 is 9.80 Å². The van der Waals surface area contributed by atoms with Crippen LogP contribution in [0.5, 0.6) is 0 Å². The summed E-state index contributed by atoms with van der Waals surface area (Å²) in [5.41, 5.74) is 1.71. The minimum absolute atomic E-state index is 0.166. The first-order valence-corrected chi connectivity index (χ1v) is 12.0. The summed E-state index contributed by atoms with van der Waals surface area (Å²) in [7, 11) is -3.51. The van der Waals surface area contributed by atoms with Gasteiger partial charge in [0.25, 0.3) is 5.91 Å². The summed E-state index contributed by atoms with van der Waals surface area (Å²) < 4.78 is 27.6. The van der Waals surface area contributed by atoms with Gasteiger partial charge in [-0.15, -0.1) is 0 Å². The van der Waals surface area contributed by atoms with Gasteiger partial charge in [-0.25, -0.2) is 8.42 Å². The highest BCUT2D eigenvalue weighted by atomic mass is 32.2. The van der Waals surface area contributed by atoms with Gasteiger partial charge in [0.2, 0.25) is 10.0 Å². The van der Waals surface area contributed by atoms with Crippen LogP contribution >= 0.6 is 0 Å². The summed E-state index contributed by atoms with van der Waals surface area (Å²) in [6.45, 7) is 8.14. The fourth-order valence-electron chi connectivity index (χ4n) is 4.21. The lowest BCUT2D eigenvalue weighted by Gasteiger charge is -2.35. The van der Waals surface area contributed by atoms with Gasteiger partial charge in [-0.3, -0.25) is 4.79 Å². The molecule has 2 aliphatic heterocycles. The number of aryl methyl sites for hydroxylation is 2. The quantitative estimate of drug-likeness (QED) is 0.808. The van der Waals surface area contributed by atoms with Crippen LogP contribution in [0.25, 0.3) is 0 Å². The number of likely N-dealkylation sites (tertiary alicyclic amines) is 1. The Morgan fingerprint density at radius 3 is 2.21 bits per heavy atom. The molecule has 1 amide bonds. The van der Waals surface area contributed by atoms with E-state index in [4.69, 9.17) is 0 Å². The topological polar surface area (TPSA) is 62.1 Å². The lowest BCUT2D eigenvalue weighted by molar-refractivity contribution is -0.893. The predicted octanol–water partition coefficient (Wildman–Crippen LogP) is 0.985. The van der Waals surface area contributed by atoms with E-state index in [1.807, 2.05) is 30.9 Å². The van der Waals surface area contributed by atoms with Crippen LogP contribution in [0, 0.1) is 13.8 Å². The van der Waals surface area contributed by atoms with Crippen molar-refractivity contribution >= 4 is 15.9 Å². The Balaban J connectivity index is 1.57. The van der Waals surface area contributed by atoms with Crippen molar-refractivity contribution in [1.29, 1.82) is 0 Å². The van der Waals surface area contributed by atoms with E-state index in [0.29, 0.717) is 37.6 Å². The SMILES string of the molecule is Cc1ccc(C)c(S(=O)(=O)N2CCN(C(=O)C[NH+]3CCCCCCC3)CC2)c1. The zero-order valence-corrected chi connectivity index (χ0v) is 18.1. The Bertz CT molecular complexity index is 778. The molecule has 6 nitrogen and oxygen atoms in total. The van der Waals surface area contributed by atoms with Crippen molar-refractivity contribution < 1.29 is 18.1 Å². The van der Waals surface area contributed by atoms with Crippen molar-refractivity contribution in [1.82, 2.24) is 9.21 Å². The number of amides is 1. The number of hydrogen-bond donors (Lipinski definition) is 1. The standard InChI is InChI=1S/C21H33N3O3S/c1-18-8-9-19(2)20(16-18)28(26,27)24-14-12-23(13-15-24)21(25)17-22-10-6-4-3-5-7-11-22/h8-9,16H,3-7,10-15,17H2,1-2H3/p+1. The van der Waals surface area contributed by atoms with Crippen LogP contribution in [0.2, 0.25) is 0 Å². The minimum Gasteiger partial charge on any atom is -0.335 e. The zero-order chi connectivity index (χ0) is 20.1. The van der Waals surface area contributed by atoms with Crippen LogP contribution in [-0.2, 0) is 14.8 Å². The lowest BCUT2D eigenvalue weighted by Crippen LogP contribution is -3.13. The molecule has 0 spiro atoms. The van der Waals surface area contributed by atoms with E-state index in [2.05, 4.69) is 0 Å². The molecule has 0 saturated carbocycles. The number of quaternary nitrogens is 1. The van der Waals surface area contributed by atoms with Crippen LogP contribution in [-0.4, -0.2) is 69.3 Å². The number of benzene rings is 1. The van der Waals surface area contributed by atoms with Gasteiger partial charge in [0.1, 0.15) is 0 Å². The average molecular weight is 409 g/mol. The number of carbonyl (C=O) groups is 1. The van der Waals surface area contributed by atoms with Crippen LogP contribution in [0.15, 0.2) is 23.1 Å². The fraction of sp³-hybridized carbons (Fsp3) is 0.667. The van der Waals surface area contributed by atoms with Crippen molar-refractivity contribution in [2.45, 2.75) is 50.8 Å². The molecule has 1 aromatic carbocycles. The molecule has 0 atom stereocenters. The van der Waals surface area contributed by atoms with E-state index in [1.54, 1.807) is 6.07 Å². The van der Waals surface area contributed by atoms with Crippen molar-refractivity contribution in [2.24, 2.45) is 0 Å². The smallest absolute Gasteiger partial charge is 0.277 e. The minimum atomic E-state index is -3.51. The molecule has 156 valence electrons. The summed E-state index contributed by atoms with van der Waals surface area (Å²) in [5, 5.41) is 0. The highest BCUT2D eigenvalue weighted by Crippen LogP contribution is 2.22. The first kappa shape index (κ1) is 21.3. The molecule has 3 rings (SSSR count). The molecule has 2 heterocycles. The molecular weight excluding hydrogens is 374 g/mol. The summed E-state index contributed by atoms with van der Waals surface area (Å²) >= 11 is 0.